The minimum Gasteiger partial charge on any atom is -0.388 e. The lowest BCUT2D eigenvalue weighted by atomic mass is 10.1. The molecule has 0 aliphatic heterocycles. The number of hydrogen-bond donors (Lipinski definition) is 1. The van der Waals surface area contributed by atoms with Crippen molar-refractivity contribution in [2.45, 2.75) is 13.8 Å². The maximum absolute atomic E-state index is 3.18. The van der Waals surface area contributed by atoms with Crippen molar-refractivity contribution in [3.63, 3.8) is 0 Å². The molecule has 16 heavy (non-hydrogen) atoms. The van der Waals surface area contributed by atoms with Gasteiger partial charge in [-0.25, -0.2) is 0 Å². The van der Waals surface area contributed by atoms with Crippen LogP contribution in [-0.2, 0) is 0 Å². The van der Waals surface area contributed by atoms with Gasteiger partial charge in [-0.15, -0.1) is 5.92 Å². The second kappa shape index (κ2) is 6.53. The Bertz CT molecular complexity index is 441. The van der Waals surface area contributed by atoms with Crippen LogP contribution in [0.1, 0.15) is 19.4 Å². The molecule has 1 nitrogen and oxygen atoms in total. The summed E-state index contributed by atoms with van der Waals surface area (Å²) < 4.78 is 0. The van der Waals surface area contributed by atoms with E-state index in [1.165, 1.54) is 11.1 Å². The normalized spacial score (nSPS) is 11.7. The van der Waals surface area contributed by atoms with Crippen LogP contribution in [-0.4, -0.2) is 7.05 Å². The van der Waals surface area contributed by atoms with Crippen molar-refractivity contribution >= 4 is 5.57 Å². The van der Waals surface area contributed by atoms with E-state index in [1.54, 1.807) is 0 Å². The Hall–Kier alpha value is -1.94. The van der Waals surface area contributed by atoms with Crippen LogP contribution in [0.4, 0.5) is 0 Å². The van der Waals surface area contributed by atoms with E-state index in [-0.39, 0.29) is 0 Å². The summed E-state index contributed by atoms with van der Waals surface area (Å²) in [6, 6.07) is 10.3. The highest BCUT2D eigenvalue weighted by Crippen LogP contribution is 2.16. The first-order valence-corrected chi connectivity index (χ1v) is 5.32. The molecule has 0 radical (unpaired) electrons. The van der Waals surface area contributed by atoms with Crippen molar-refractivity contribution in [3.05, 3.63) is 53.7 Å². The summed E-state index contributed by atoms with van der Waals surface area (Å²) in [5.74, 6) is 5.75. The molecule has 0 aliphatic carbocycles. The predicted molar refractivity (Wildman–Crippen MR) is 70.7 cm³/mol. The van der Waals surface area contributed by atoms with Crippen LogP contribution in [0.5, 0.6) is 0 Å². The van der Waals surface area contributed by atoms with Crippen LogP contribution >= 0.6 is 0 Å². The molecule has 1 aromatic rings. The quantitative estimate of drug-likeness (QED) is 0.598. The lowest BCUT2D eigenvalue weighted by Crippen LogP contribution is -2.05. The molecule has 0 saturated carbocycles. The molecule has 0 atom stereocenters. The van der Waals surface area contributed by atoms with E-state index >= 15 is 0 Å². The molecular weight excluding hydrogens is 194 g/mol. The van der Waals surface area contributed by atoms with Gasteiger partial charge in [0, 0.05) is 12.7 Å². The fraction of sp³-hybridized carbons (Fsp3) is 0.200. The van der Waals surface area contributed by atoms with Crippen LogP contribution in [0.3, 0.4) is 0 Å². The Morgan fingerprint density at radius 2 is 1.94 bits per heavy atom. The molecule has 1 aromatic carbocycles. The van der Waals surface area contributed by atoms with Crippen LogP contribution in [0.15, 0.2) is 48.2 Å². The van der Waals surface area contributed by atoms with Gasteiger partial charge in [0.25, 0.3) is 0 Å². The summed E-state index contributed by atoms with van der Waals surface area (Å²) in [6.07, 6.45) is 3.86. The van der Waals surface area contributed by atoms with Crippen molar-refractivity contribution in [1.29, 1.82) is 0 Å². The lowest BCUT2D eigenvalue weighted by molar-refractivity contribution is 1.03. The first-order chi connectivity index (χ1) is 7.79. The van der Waals surface area contributed by atoms with E-state index in [1.807, 2.05) is 44.3 Å². The molecule has 0 amide bonds. The average Bonchev–Trinajstić information content (AvgIpc) is 2.35. The standard InChI is InChI=1S/C15H17N/c1-4-5-7-12-15(16-3)13(2)14-10-8-6-9-11-14/h6-12,16H,1-3H3/b12-7-,15-13-. The number of rotatable bonds is 3. The molecule has 1 N–H and O–H groups in total. The van der Waals surface area contributed by atoms with E-state index < -0.39 is 0 Å². The number of likely N-dealkylation sites (N-methyl/N-ethyl adjacent to an activating group) is 1. The number of hydrogen-bond acceptors (Lipinski definition) is 1. The Morgan fingerprint density at radius 3 is 2.50 bits per heavy atom. The molecular formula is C15H17N. The summed E-state index contributed by atoms with van der Waals surface area (Å²) in [5, 5.41) is 3.18. The molecule has 0 saturated heterocycles. The van der Waals surface area contributed by atoms with Gasteiger partial charge in [-0.1, -0.05) is 36.3 Å². The van der Waals surface area contributed by atoms with Crippen molar-refractivity contribution in [2.24, 2.45) is 0 Å². The minimum absolute atomic E-state index is 1.09. The Balaban J connectivity index is 3.03. The topological polar surface area (TPSA) is 12.0 Å². The number of benzene rings is 1. The second-order valence-electron chi connectivity index (χ2n) is 3.38. The predicted octanol–water partition coefficient (Wildman–Crippen LogP) is 3.22. The molecule has 0 bridgehead atoms. The van der Waals surface area contributed by atoms with Crippen molar-refractivity contribution in [3.8, 4) is 11.8 Å². The third-order valence-corrected chi connectivity index (χ3v) is 2.36. The SMILES string of the molecule is CC#C/C=C\C(NC)=C(/C)c1ccccc1. The summed E-state index contributed by atoms with van der Waals surface area (Å²) in [5.41, 5.74) is 3.53. The Kier molecular flexibility index (Phi) is 4.95. The molecule has 0 heterocycles. The third-order valence-electron chi connectivity index (χ3n) is 2.36. The molecule has 0 spiro atoms. The van der Waals surface area contributed by atoms with Crippen molar-refractivity contribution < 1.29 is 0 Å². The van der Waals surface area contributed by atoms with Gasteiger partial charge < -0.3 is 5.32 Å². The smallest absolute Gasteiger partial charge is 0.0379 e. The fourth-order valence-electron chi connectivity index (χ4n) is 1.45. The first kappa shape index (κ1) is 12.1. The fourth-order valence-corrected chi connectivity index (χ4v) is 1.45. The highest BCUT2D eigenvalue weighted by Gasteiger charge is 1.99. The third kappa shape index (κ3) is 3.33. The van der Waals surface area contributed by atoms with Crippen molar-refractivity contribution in [2.75, 3.05) is 7.05 Å². The maximum atomic E-state index is 3.18. The largest absolute Gasteiger partial charge is 0.388 e. The van der Waals surface area contributed by atoms with Crippen molar-refractivity contribution in [1.82, 2.24) is 5.32 Å². The van der Waals surface area contributed by atoms with E-state index in [0.29, 0.717) is 0 Å². The zero-order chi connectivity index (χ0) is 11.8. The second-order valence-corrected chi connectivity index (χ2v) is 3.38. The molecule has 0 aliphatic rings. The molecule has 0 aromatic heterocycles. The van der Waals surface area contributed by atoms with Gasteiger partial charge in [-0.3, -0.25) is 0 Å². The lowest BCUT2D eigenvalue weighted by Gasteiger charge is -2.07. The molecule has 1 heteroatoms. The van der Waals surface area contributed by atoms with Gasteiger partial charge in [0.05, 0.1) is 0 Å². The van der Waals surface area contributed by atoms with Crippen LogP contribution in [0, 0.1) is 11.8 Å². The van der Waals surface area contributed by atoms with Gasteiger partial charge in [-0.2, -0.15) is 0 Å². The number of allylic oxidation sites excluding steroid dienone is 3. The molecule has 82 valence electrons. The summed E-state index contributed by atoms with van der Waals surface area (Å²) in [4.78, 5) is 0. The molecule has 0 unspecified atom stereocenters. The summed E-state index contributed by atoms with van der Waals surface area (Å²) in [6.45, 7) is 3.93. The average molecular weight is 211 g/mol. The van der Waals surface area contributed by atoms with Gasteiger partial charge in [0.15, 0.2) is 0 Å². The van der Waals surface area contributed by atoms with Crippen LogP contribution < -0.4 is 5.32 Å². The zero-order valence-corrected chi connectivity index (χ0v) is 10.0. The summed E-state index contributed by atoms with van der Waals surface area (Å²) >= 11 is 0. The van der Waals surface area contributed by atoms with E-state index in [2.05, 4.69) is 36.2 Å². The Morgan fingerprint density at radius 1 is 1.25 bits per heavy atom. The highest BCUT2D eigenvalue weighted by atomic mass is 14.8. The van der Waals surface area contributed by atoms with E-state index in [0.717, 1.165) is 5.70 Å². The Labute approximate surface area is 97.9 Å². The monoisotopic (exact) mass is 211 g/mol. The highest BCUT2D eigenvalue weighted by molar-refractivity contribution is 5.68. The zero-order valence-electron chi connectivity index (χ0n) is 10.0. The number of nitrogens with one attached hydrogen (secondary N) is 1. The van der Waals surface area contributed by atoms with Crippen LogP contribution in [0.25, 0.3) is 5.57 Å². The molecule has 0 fully saturated rings. The van der Waals surface area contributed by atoms with E-state index in [4.69, 9.17) is 0 Å². The minimum atomic E-state index is 1.09. The van der Waals surface area contributed by atoms with Gasteiger partial charge in [0.2, 0.25) is 0 Å². The van der Waals surface area contributed by atoms with Gasteiger partial charge >= 0.3 is 0 Å². The van der Waals surface area contributed by atoms with Gasteiger partial charge in [-0.05, 0) is 37.1 Å². The molecule has 1 rings (SSSR count). The van der Waals surface area contributed by atoms with E-state index in [9.17, 15) is 0 Å². The van der Waals surface area contributed by atoms with Crippen LogP contribution in [0.2, 0.25) is 0 Å². The maximum Gasteiger partial charge on any atom is 0.0379 e. The first-order valence-electron chi connectivity index (χ1n) is 5.32. The van der Waals surface area contributed by atoms with Gasteiger partial charge in [0.1, 0.15) is 0 Å². The summed E-state index contributed by atoms with van der Waals surface area (Å²) in [7, 11) is 1.92.